The standard InChI is InChI=1S/C16H21N5O/c1-10-6-11(2)20-16(19-10)21-4-5-22-15(9-21)14-8-13(17)7-12(3)18-14/h6-8,15H,4-5,9H2,1-3H3,(H2,17,18)/t15-/m0/s1. The number of hydrogen-bond acceptors (Lipinski definition) is 6. The molecule has 2 N–H and O–H groups in total. The molecule has 1 saturated heterocycles. The molecule has 0 aliphatic carbocycles. The van der Waals surface area contributed by atoms with Gasteiger partial charge >= 0.3 is 0 Å². The number of nitrogen functional groups attached to an aromatic ring is 1. The van der Waals surface area contributed by atoms with Crippen LogP contribution in [0.25, 0.3) is 0 Å². The van der Waals surface area contributed by atoms with Crippen molar-refractivity contribution in [2.45, 2.75) is 26.9 Å². The molecule has 0 aromatic carbocycles. The van der Waals surface area contributed by atoms with Gasteiger partial charge in [0.25, 0.3) is 0 Å². The Kier molecular flexibility index (Phi) is 3.94. The van der Waals surface area contributed by atoms with Crippen molar-refractivity contribution >= 4 is 11.6 Å². The van der Waals surface area contributed by atoms with E-state index in [0.29, 0.717) is 18.8 Å². The van der Waals surface area contributed by atoms with E-state index in [1.165, 1.54) is 0 Å². The van der Waals surface area contributed by atoms with Crippen LogP contribution in [0.3, 0.4) is 0 Å². The van der Waals surface area contributed by atoms with Crippen molar-refractivity contribution in [2.75, 3.05) is 30.3 Å². The number of hydrogen-bond donors (Lipinski definition) is 1. The fourth-order valence-corrected chi connectivity index (χ4v) is 2.75. The number of nitrogens with zero attached hydrogens (tertiary/aromatic N) is 4. The highest BCUT2D eigenvalue weighted by Gasteiger charge is 2.25. The van der Waals surface area contributed by atoms with Crippen LogP contribution in [0.1, 0.15) is 28.9 Å². The van der Waals surface area contributed by atoms with Crippen molar-refractivity contribution < 1.29 is 4.74 Å². The number of aryl methyl sites for hydroxylation is 3. The molecule has 0 unspecified atom stereocenters. The SMILES string of the molecule is Cc1cc(N)cc([C@@H]2CN(c3nc(C)cc(C)n3)CCO2)n1. The lowest BCUT2D eigenvalue weighted by Crippen LogP contribution is -2.39. The van der Waals surface area contributed by atoms with Crippen LogP contribution in [0.5, 0.6) is 0 Å². The molecule has 0 radical (unpaired) electrons. The molecule has 1 atom stereocenters. The molecule has 1 aliphatic heterocycles. The lowest BCUT2D eigenvalue weighted by molar-refractivity contribution is 0.0364. The first kappa shape index (κ1) is 14.7. The molecular formula is C16H21N5O. The van der Waals surface area contributed by atoms with Gasteiger partial charge < -0.3 is 15.4 Å². The topological polar surface area (TPSA) is 77.2 Å². The number of pyridine rings is 1. The van der Waals surface area contributed by atoms with Crippen molar-refractivity contribution in [1.82, 2.24) is 15.0 Å². The second-order valence-electron chi connectivity index (χ2n) is 5.72. The van der Waals surface area contributed by atoms with Gasteiger partial charge in [-0.05, 0) is 39.0 Å². The Labute approximate surface area is 130 Å². The molecule has 0 spiro atoms. The van der Waals surface area contributed by atoms with Gasteiger partial charge in [0.05, 0.1) is 18.8 Å². The molecule has 6 heteroatoms. The zero-order valence-electron chi connectivity index (χ0n) is 13.2. The Morgan fingerprint density at radius 3 is 2.41 bits per heavy atom. The predicted octanol–water partition coefficient (Wildman–Crippen LogP) is 1.96. The van der Waals surface area contributed by atoms with Crippen LogP contribution < -0.4 is 10.6 Å². The van der Waals surface area contributed by atoms with E-state index < -0.39 is 0 Å². The first-order valence-corrected chi connectivity index (χ1v) is 7.44. The first-order chi connectivity index (χ1) is 10.5. The van der Waals surface area contributed by atoms with Gasteiger partial charge in [-0.3, -0.25) is 4.98 Å². The Morgan fingerprint density at radius 2 is 1.73 bits per heavy atom. The number of nitrogens with two attached hydrogens (primary N) is 1. The Morgan fingerprint density at radius 1 is 1.05 bits per heavy atom. The maximum absolute atomic E-state index is 5.92. The molecule has 116 valence electrons. The summed E-state index contributed by atoms with van der Waals surface area (Å²) in [5, 5.41) is 0. The minimum atomic E-state index is -0.111. The molecule has 2 aromatic rings. The summed E-state index contributed by atoms with van der Waals surface area (Å²) in [5.41, 5.74) is 10.4. The summed E-state index contributed by atoms with van der Waals surface area (Å²) in [4.78, 5) is 15.8. The molecule has 0 saturated carbocycles. The number of ether oxygens (including phenoxy) is 1. The largest absolute Gasteiger partial charge is 0.399 e. The van der Waals surface area contributed by atoms with Gasteiger partial charge in [-0.1, -0.05) is 0 Å². The van der Waals surface area contributed by atoms with Crippen LogP contribution in [0.15, 0.2) is 18.2 Å². The van der Waals surface area contributed by atoms with Gasteiger partial charge in [-0.15, -0.1) is 0 Å². The molecule has 2 aromatic heterocycles. The molecule has 22 heavy (non-hydrogen) atoms. The monoisotopic (exact) mass is 299 g/mol. The molecular weight excluding hydrogens is 278 g/mol. The van der Waals surface area contributed by atoms with E-state index in [-0.39, 0.29) is 6.10 Å². The number of morpholine rings is 1. The van der Waals surface area contributed by atoms with Gasteiger partial charge in [0.1, 0.15) is 6.10 Å². The fourth-order valence-electron chi connectivity index (χ4n) is 2.75. The highest BCUT2D eigenvalue weighted by Crippen LogP contribution is 2.25. The Bertz CT molecular complexity index is 590. The summed E-state index contributed by atoms with van der Waals surface area (Å²) in [6, 6.07) is 5.71. The predicted molar refractivity (Wildman–Crippen MR) is 85.8 cm³/mol. The highest BCUT2D eigenvalue weighted by atomic mass is 16.5. The van der Waals surface area contributed by atoms with Crippen LogP contribution >= 0.6 is 0 Å². The summed E-state index contributed by atoms with van der Waals surface area (Å²) in [6.45, 7) is 7.99. The first-order valence-electron chi connectivity index (χ1n) is 7.44. The van der Waals surface area contributed by atoms with Crippen molar-refractivity contribution in [3.8, 4) is 0 Å². The van der Waals surface area contributed by atoms with E-state index in [4.69, 9.17) is 10.5 Å². The van der Waals surface area contributed by atoms with Gasteiger partial charge in [-0.25, -0.2) is 9.97 Å². The third kappa shape index (κ3) is 3.17. The maximum atomic E-state index is 5.92. The molecule has 1 fully saturated rings. The zero-order chi connectivity index (χ0) is 15.7. The Hall–Kier alpha value is -2.21. The fraction of sp³-hybridized carbons (Fsp3) is 0.438. The molecule has 1 aliphatic rings. The van der Waals surface area contributed by atoms with E-state index in [0.717, 1.165) is 35.3 Å². The van der Waals surface area contributed by atoms with Crippen LogP contribution in [0.2, 0.25) is 0 Å². The molecule has 3 heterocycles. The number of aromatic nitrogens is 3. The summed E-state index contributed by atoms with van der Waals surface area (Å²) in [5.74, 6) is 0.756. The van der Waals surface area contributed by atoms with Crippen LogP contribution in [0.4, 0.5) is 11.6 Å². The zero-order valence-corrected chi connectivity index (χ0v) is 13.2. The minimum absolute atomic E-state index is 0.111. The van der Waals surface area contributed by atoms with Gasteiger partial charge in [-0.2, -0.15) is 0 Å². The van der Waals surface area contributed by atoms with Crippen molar-refractivity contribution in [2.24, 2.45) is 0 Å². The van der Waals surface area contributed by atoms with Crippen LogP contribution in [0, 0.1) is 20.8 Å². The van der Waals surface area contributed by atoms with Crippen molar-refractivity contribution in [3.63, 3.8) is 0 Å². The van der Waals surface area contributed by atoms with E-state index in [1.54, 1.807) is 0 Å². The van der Waals surface area contributed by atoms with E-state index >= 15 is 0 Å². The third-order valence-electron chi connectivity index (χ3n) is 3.65. The highest BCUT2D eigenvalue weighted by molar-refractivity contribution is 5.41. The number of rotatable bonds is 2. The minimum Gasteiger partial charge on any atom is -0.399 e. The van der Waals surface area contributed by atoms with Crippen molar-refractivity contribution in [3.05, 3.63) is 41.0 Å². The summed E-state index contributed by atoms with van der Waals surface area (Å²) < 4.78 is 5.87. The molecule has 0 amide bonds. The second kappa shape index (κ2) is 5.88. The number of anilines is 2. The molecule has 3 rings (SSSR count). The second-order valence-corrected chi connectivity index (χ2v) is 5.72. The summed E-state index contributed by atoms with van der Waals surface area (Å²) in [6.07, 6.45) is -0.111. The van der Waals surface area contributed by atoms with E-state index in [1.807, 2.05) is 39.0 Å². The van der Waals surface area contributed by atoms with E-state index in [9.17, 15) is 0 Å². The average Bonchev–Trinajstić information content (AvgIpc) is 2.45. The summed E-state index contributed by atoms with van der Waals surface area (Å²) >= 11 is 0. The lowest BCUT2D eigenvalue weighted by atomic mass is 10.1. The molecule has 6 nitrogen and oxygen atoms in total. The third-order valence-corrected chi connectivity index (χ3v) is 3.65. The van der Waals surface area contributed by atoms with E-state index in [2.05, 4.69) is 19.9 Å². The summed E-state index contributed by atoms with van der Waals surface area (Å²) in [7, 11) is 0. The average molecular weight is 299 g/mol. The quantitative estimate of drug-likeness (QED) is 0.913. The van der Waals surface area contributed by atoms with Gasteiger partial charge in [0.2, 0.25) is 5.95 Å². The van der Waals surface area contributed by atoms with Crippen LogP contribution in [-0.4, -0.2) is 34.6 Å². The maximum Gasteiger partial charge on any atom is 0.225 e. The van der Waals surface area contributed by atoms with Crippen molar-refractivity contribution in [1.29, 1.82) is 0 Å². The van der Waals surface area contributed by atoms with Gasteiger partial charge in [0, 0.05) is 29.3 Å². The van der Waals surface area contributed by atoms with Crippen LogP contribution in [-0.2, 0) is 4.74 Å². The normalized spacial score (nSPS) is 18.5. The Balaban J connectivity index is 1.84. The van der Waals surface area contributed by atoms with Gasteiger partial charge in [0.15, 0.2) is 0 Å². The lowest BCUT2D eigenvalue weighted by Gasteiger charge is -2.33. The molecule has 0 bridgehead atoms. The smallest absolute Gasteiger partial charge is 0.225 e.